The van der Waals surface area contributed by atoms with Gasteiger partial charge in [0.15, 0.2) is 5.65 Å². The van der Waals surface area contributed by atoms with Crippen molar-refractivity contribution in [1.82, 2.24) is 29.8 Å². The van der Waals surface area contributed by atoms with E-state index in [1.165, 1.54) is 0 Å². The molecule has 1 unspecified atom stereocenters. The Labute approximate surface area is 162 Å². The predicted octanol–water partition coefficient (Wildman–Crippen LogP) is 3.16. The van der Waals surface area contributed by atoms with Gasteiger partial charge < -0.3 is 9.30 Å². The summed E-state index contributed by atoms with van der Waals surface area (Å²) in [7, 11) is 0. The topological polar surface area (TPSA) is 94.4 Å². The Hall–Kier alpha value is -3.57. The maximum Gasteiger partial charge on any atom is 0.168 e. The standard InChI is InChI=1S/C20H19N7O/c1-3-28-14(2)27-13-17(10-22-27)19-18-16(9-21)12-26(20(18)24-25-23-19)11-15-7-5-4-6-8-15/h4-8,10,12-14H,3,11H2,1-2H3. The van der Waals surface area contributed by atoms with E-state index in [9.17, 15) is 5.26 Å². The molecule has 0 N–H and O–H groups in total. The fraction of sp³-hybridized carbons (Fsp3) is 0.250. The van der Waals surface area contributed by atoms with Gasteiger partial charge in [-0.15, -0.1) is 10.2 Å². The van der Waals surface area contributed by atoms with E-state index in [-0.39, 0.29) is 6.23 Å². The van der Waals surface area contributed by atoms with E-state index in [2.05, 4.69) is 26.6 Å². The molecule has 1 atom stereocenters. The van der Waals surface area contributed by atoms with E-state index < -0.39 is 0 Å². The van der Waals surface area contributed by atoms with Crippen molar-refractivity contribution >= 4 is 11.0 Å². The number of aromatic nitrogens is 6. The number of fused-ring (bicyclic) bond motifs is 1. The Balaban J connectivity index is 1.79. The Morgan fingerprint density at radius 2 is 2.00 bits per heavy atom. The SMILES string of the molecule is CCOC(C)n1cc(-c2nnnc3c2c(C#N)cn3Cc2ccccc2)cn1. The Morgan fingerprint density at radius 3 is 2.75 bits per heavy atom. The molecule has 3 heterocycles. The summed E-state index contributed by atoms with van der Waals surface area (Å²) in [5, 5.41) is 27.0. The van der Waals surface area contributed by atoms with Crippen molar-refractivity contribution in [2.75, 3.05) is 6.61 Å². The van der Waals surface area contributed by atoms with Crippen LogP contribution in [-0.2, 0) is 11.3 Å². The highest BCUT2D eigenvalue weighted by atomic mass is 16.5. The second-order valence-electron chi connectivity index (χ2n) is 6.37. The maximum atomic E-state index is 9.67. The molecule has 0 spiro atoms. The van der Waals surface area contributed by atoms with Crippen LogP contribution >= 0.6 is 0 Å². The number of nitriles is 1. The lowest BCUT2D eigenvalue weighted by Crippen LogP contribution is -2.09. The number of rotatable bonds is 6. The molecule has 0 aliphatic carbocycles. The summed E-state index contributed by atoms with van der Waals surface area (Å²) in [5.74, 6) is 0. The third-order valence-corrected chi connectivity index (χ3v) is 4.54. The summed E-state index contributed by atoms with van der Waals surface area (Å²) in [4.78, 5) is 0. The van der Waals surface area contributed by atoms with Gasteiger partial charge in [-0.2, -0.15) is 10.4 Å². The second kappa shape index (κ2) is 7.58. The largest absolute Gasteiger partial charge is 0.357 e. The monoisotopic (exact) mass is 373 g/mol. The average molecular weight is 373 g/mol. The molecular formula is C20H19N7O. The highest BCUT2D eigenvalue weighted by molar-refractivity contribution is 5.95. The van der Waals surface area contributed by atoms with E-state index in [1.807, 2.05) is 54.9 Å². The van der Waals surface area contributed by atoms with E-state index in [4.69, 9.17) is 4.74 Å². The molecule has 0 fully saturated rings. The molecular weight excluding hydrogens is 354 g/mol. The van der Waals surface area contributed by atoms with Crippen molar-refractivity contribution in [1.29, 1.82) is 5.26 Å². The normalized spacial score (nSPS) is 12.2. The van der Waals surface area contributed by atoms with Gasteiger partial charge in [0.05, 0.1) is 17.1 Å². The number of ether oxygens (including phenoxy) is 1. The van der Waals surface area contributed by atoms with E-state index >= 15 is 0 Å². The summed E-state index contributed by atoms with van der Waals surface area (Å²) in [5.41, 5.74) is 3.59. The zero-order valence-electron chi connectivity index (χ0n) is 15.6. The molecule has 0 bridgehead atoms. The molecule has 3 aromatic heterocycles. The summed E-state index contributed by atoms with van der Waals surface area (Å²) < 4.78 is 9.22. The highest BCUT2D eigenvalue weighted by Crippen LogP contribution is 2.29. The van der Waals surface area contributed by atoms with Crippen molar-refractivity contribution in [2.45, 2.75) is 26.6 Å². The molecule has 0 aliphatic rings. The zero-order valence-corrected chi connectivity index (χ0v) is 15.6. The minimum absolute atomic E-state index is 0.192. The fourth-order valence-corrected chi connectivity index (χ4v) is 3.21. The molecule has 1 aromatic carbocycles. The van der Waals surface area contributed by atoms with E-state index in [0.717, 1.165) is 11.1 Å². The molecule has 28 heavy (non-hydrogen) atoms. The van der Waals surface area contributed by atoms with Gasteiger partial charge in [-0.25, -0.2) is 4.68 Å². The summed E-state index contributed by atoms with van der Waals surface area (Å²) in [6.07, 6.45) is 5.15. The smallest absolute Gasteiger partial charge is 0.168 e. The second-order valence-corrected chi connectivity index (χ2v) is 6.37. The molecule has 0 saturated carbocycles. The van der Waals surface area contributed by atoms with Crippen molar-refractivity contribution in [3.63, 3.8) is 0 Å². The van der Waals surface area contributed by atoms with Crippen LogP contribution in [-0.4, -0.2) is 36.4 Å². The van der Waals surface area contributed by atoms with Crippen LogP contribution in [0, 0.1) is 11.3 Å². The van der Waals surface area contributed by atoms with Gasteiger partial charge in [0.25, 0.3) is 0 Å². The zero-order chi connectivity index (χ0) is 19.5. The lowest BCUT2D eigenvalue weighted by molar-refractivity contribution is 0.0160. The van der Waals surface area contributed by atoms with Crippen molar-refractivity contribution < 1.29 is 4.74 Å². The summed E-state index contributed by atoms with van der Waals surface area (Å²) in [6, 6.07) is 12.3. The Bertz CT molecular complexity index is 1140. The van der Waals surface area contributed by atoms with Crippen LogP contribution in [0.25, 0.3) is 22.3 Å². The van der Waals surface area contributed by atoms with Crippen molar-refractivity contribution in [3.05, 3.63) is 60.0 Å². The first-order valence-corrected chi connectivity index (χ1v) is 9.03. The Morgan fingerprint density at radius 1 is 1.18 bits per heavy atom. The number of hydrogen-bond acceptors (Lipinski definition) is 6. The lowest BCUT2D eigenvalue weighted by Gasteiger charge is -2.11. The predicted molar refractivity (Wildman–Crippen MR) is 103 cm³/mol. The fourth-order valence-electron chi connectivity index (χ4n) is 3.21. The van der Waals surface area contributed by atoms with E-state index in [0.29, 0.717) is 35.4 Å². The van der Waals surface area contributed by atoms with E-state index in [1.54, 1.807) is 17.1 Å². The van der Waals surface area contributed by atoms with Crippen molar-refractivity contribution in [3.8, 4) is 17.3 Å². The van der Waals surface area contributed by atoms with Crippen LogP contribution < -0.4 is 0 Å². The number of hydrogen-bond donors (Lipinski definition) is 0. The number of nitrogens with zero attached hydrogens (tertiary/aromatic N) is 7. The minimum Gasteiger partial charge on any atom is -0.357 e. The highest BCUT2D eigenvalue weighted by Gasteiger charge is 2.19. The average Bonchev–Trinajstić information content (AvgIpc) is 3.34. The first-order chi connectivity index (χ1) is 13.7. The van der Waals surface area contributed by atoms with Crippen LogP contribution in [0.4, 0.5) is 0 Å². The molecule has 4 rings (SSSR count). The van der Waals surface area contributed by atoms with Gasteiger partial charge in [0.1, 0.15) is 18.0 Å². The molecule has 4 aromatic rings. The van der Waals surface area contributed by atoms with Gasteiger partial charge in [0.2, 0.25) is 0 Å². The Kier molecular flexibility index (Phi) is 4.83. The van der Waals surface area contributed by atoms with Crippen LogP contribution in [0.2, 0.25) is 0 Å². The van der Waals surface area contributed by atoms with Crippen molar-refractivity contribution in [2.24, 2.45) is 0 Å². The van der Waals surface area contributed by atoms with Gasteiger partial charge >= 0.3 is 0 Å². The molecule has 140 valence electrons. The molecule has 8 nitrogen and oxygen atoms in total. The third kappa shape index (κ3) is 3.23. The van der Waals surface area contributed by atoms with Gasteiger partial charge in [-0.05, 0) is 24.6 Å². The third-order valence-electron chi connectivity index (χ3n) is 4.54. The quantitative estimate of drug-likeness (QED) is 0.515. The van der Waals surface area contributed by atoms with Crippen LogP contribution in [0.15, 0.2) is 48.9 Å². The number of benzene rings is 1. The lowest BCUT2D eigenvalue weighted by atomic mass is 10.1. The minimum atomic E-state index is -0.192. The van der Waals surface area contributed by atoms with Crippen LogP contribution in [0.3, 0.4) is 0 Å². The molecule has 0 aliphatic heterocycles. The molecule has 0 radical (unpaired) electrons. The molecule has 0 amide bonds. The van der Waals surface area contributed by atoms with Crippen LogP contribution in [0.1, 0.15) is 31.2 Å². The van der Waals surface area contributed by atoms with Crippen LogP contribution in [0.5, 0.6) is 0 Å². The maximum absolute atomic E-state index is 9.67. The molecule has 0 saturated heterocycles. The summed E-state index contributed by atoms with van der Waals surface area (Å²) in [6.45, 7) is 5.05. The summed E-state index contributed by atoms with van der Waals surface area (Å²) >= 11 is 0. The first-order valence-electron chi connectivity index (χ1n) is 9.03. The van der Waals surface area contributed by atoms with Gasteiger partial charge in [-0.1, -0.05) is 30.3 Å². The molecule has 8 heteroatoms. The first kappa shape index (κ1) is 17.8. The van der Waals surface area contributed by atoms with Gasteiger partial charge in [-0.3, -0.25) is 0 Å². The van der Waals surface area contributed by atoms with Gasteiger partial charge in [0, 0.05) is 31.1 Å².